The van der Waals surface area contributed by atoms with Crippen molar-refractivity contribution in [2.75, 3.05) is 6.54 Å². The van der Waals surface area contributed by atoms with Crippen molar-refractivity contribution in [1.82, 2.24) is 5.32 Å². The summed E-state index contributed by atoms with van der Waals surface area (Å²) in [6.07, 6.45) is 1.05. The van der Waals surface area contributed by atoms with Crippen molar-refractivity contribution in [1.29, 1.82) is 0 Å². The zero-order valence-corrected chi connectivity index (χ0v) is 9.96. The Kier molecular flexibility index (Phi) is 4.30. The van der Waals surface area contributed by atoms with Crippen molar-refractivity contribution >= 4 is 0 Å². The number of benzene rings is 1. The Hall–Kier alpha value is -0.860. The quantitative estimate of drug-likeness (QED) is 0.772. The molecule has 1 unspecified atom stereocenters. The fraction of sp³-hybridized carbons (Fsp3) is 0.538. The maximum Gasteiger partial charge on any atom is 0.0273 e. The van der Waals surface area contributed by atoms with Gasteiger partial charge in [0, 0.05) is 11.6 Å². The van der Waals surface area contributed by atoms with Crippen LogP contribution in [-0.4, -0.2) is 18.1 Å². The van der Waals surface area contributed by atoms with Gasteiger partial charge in [0.25, 0.3) is 0 Å². The Morgan fingerprint density at radius 3 is 2.40 bits per heavy atom. The molecule has 15 heavy (non-hydrogen) atoms. The van der Waals surface area contributed by atoms with E-state index in [2.05, 4.69) is 43.4 Å². The van der Waals surface area contributed by atoms with Crippen LogP contribution in [0.15, 0.2) is 30.3 Å². The van der Waals surface area contributed by atoms with Gasteiger partial charge in [-0.15, -0.1) is 0 Å². The molecule has 0 heterocycles. The van der Waals surface area contributed by atoms with Crippen LogP contribution in [0.5, 0.6) is 0 Å². The summed E-state index contributed by atoms with van der Waals surface area (Å²) in [7, 11) is 0. The monoisotopic (exact) mass is 206 g/mol. The summed E-state index contributed by atoms with van der Waals surface area (Å²) in [4.78, 5) is 0. The number of rotatable bonds is 5. The minimum atomic E-state index is 0.00871. The van der Waals surface area contributed by atoms with E-state index in [1.165, 1.54) is 5.56 Å². The molecule has 0 radical (unpaired) electrons. The van der Waals surface area contributed by atoms with E-state index in [1.807, 2.05) is 13.0 Å². The maximum atomic E-state index is 5.89. The Balaban J connectivity index is 2.34. The third kappa shape index (κ3) is 4.02. The van der Waals surface area contributed by atoms with Gasteiger partial charge in [0.15, 0.2) is 0 Å². The first kappa shape index (κ1) is 12.2. The predicted molar refractivity (Wildman–Crippen MR) is 65.9 cm³/mol. The summed E-state index contributed by atoms with van der Waals surface area (Å²) in [5.41, 5.74) is 7.26. The molecule has 0 aromatic heterocycles. The highest BCUT2D eigenvalue weighted by Gasteiger charge is 2.20. The predicted octanol–water partition coefficient (Wildman–Crippen LogP) is 1.94. The lowest BCUT2D eigenvalue weighted by molar-refractivity contribution is 0.335. The van der Waals surface area contributed by atoms with Gasteiger partial charge in [0.1, 0.15) is 0 Å². The van der Waals surface area contributed by atoms with Gasteiger partial charge in [-0.25, -0.2) is 0 Å². The van der Waals surface area contributed by atoms with Gasteiger partial charge in [-0.3, -0.25) is 0 Å². The minimum Gasteiger partial charge on any atom is -0.326 e. The lowest BCUT2D eigenvalue weighted by Gasteiger charge is -2.30. The summed E-state index contributed by atoms with van der Waals surface area (Å²) in [5, 5.41) is 3.48. The van der Waals surface area contributed by atoms with Crippen LogP contribution in [0.25, 0.3) is 0 Å². The van der Waals surface area contributed by atoms with E-state index in [4.69, 9.17) is 5.73 Å². The van der Waals surface area contributed by atoms with Gasteiger partial charge in [-0.2, -0.15) is 0 Å². The van der Waals surface area contributed by atoms with Gasteiger partial charge < -0.3 is 11.1 Å². The molecule has 84 valence electrons. The van der Waals surface area contributed by atoms with Crippen LogP contribution in [0.3, 0.4) is 0 Å². The molecular weight excluding hydrogens is 184 g/mol. The third-order valence-corrected chi connectivity index (χ3v) is 2.98. The highest BCUT2D eigenvalue weighted by Crippen LogP contribution is 2.06. The highest BCUT2D eigenvalue weighted by atomic mass is 15.0. The average molecular weight is 206 g/mol. The van der Waals surface area contributed by atoms with Gasteiger partial charge in [-0.05, 0) is 39.3 Å². The maximum absolute atomic E-state index is 5.89. The number of hydrogen-bond acceptors (Lipinski definition) is 2. The van der Waals surface area contributed by atoms with Gasteiger partial charge in [-0.1, -0.05) is 30.3 Å². The Morgan fingerprint density at radius 1 is 1.27 bits per heavy atom. The van der Waals surface area contributed by atoms with Crippen molar-refractivity contribution < 1.29 is 0 Å². The summed E-state index contributed by atoms with van der Waals surface area (Å²) in [6, 6.07) is 10.7. The summed E-state index contributed by atoms with van der Waals surface area (Å²) in [5.74, 6) is 0. The summed E-state index contributed by atoms with van der Waals surface area (Å²) < 4.78 is 0. The van der Waals surface area contributed by atoms with E-state index in [-0.39, 0.29) is 11.6 Å². The SMILES string of the molecule is CC(N)C(C)(C)NCCc1ccccc1. The van der Waals surface area contributed by atoms with E-state index >= 15 is 0 Å². The number of nitrogens with one attached hydrogen (secondary N) is 1. The van der Waals surface area contributed by atoms with E-state index in [0.717, 1.165) is 13.0 Å². The van der Waals surface area contributed by atoms with Crippen molar-refractivity contribution in [3.8, 4) is 0 Å². The minimum absolute atomic E-state index is 0.00871. The second kappa shape index (κ2) is 5.29. The molecule has 1 atom stereocenters. The normalized spacial score (nSPS) is 13.9. The largest absolute Gasteiger partial charge is 0.326 e. The van der Waals surface area contributed by atoms with E-state index < -0.39 is 0 Å². The second-order valence-electron chi connectivity index (χ2n) is 4.67. The van der Waals surface area contributed by atoms with E-state index in [9.17, 15) is 0 Å². The first-order valence-electron chi connectivity index (χ1n) is 5.57. The smallest absolute Gasteiger partial charge is 0.0273 e. The standard InChI is InChI=1S/C13H22N2/c1-11(14)13(2,3)15-10-9-12-7-5-4-6-8-12/h4-8,11,15H,9-10,14H2,1-3H3. The van der Waals surface area contributed by atoms with Crippen molar-refractivity contribution in [2.24, 2.45) is 5.73 Å². The average Bonchev–Trinajstić information content (AvgIpc) is 2.19. The van der Waals surface area contributed by atoms with Crippen LogP contribution in [0.2, 0.25) is 0 Å². The molecule has 1 aromatic carbocycles. The zero-order valence-electron chi connectivity index (χ0n) is 9.96. The Labute approximate surface area is 92.9 Å². The zero-order chi connectivity index (χ0) is 11.3. The highest BCUT2D eigenvalue weighted by molar-refractivity contribution is 5.14. The molecule has 0 aliphatic carbocycles. The van der Waals surface area contributed by atoms with Gasteiger partial charge >= 0.3 is 0 Å². The molecule has 0 saturated heterocycles. The Bertz CT molecular complexity index is 278. The third-order valence-electron chi connectivity index (χ3n) is 2.98. The fourth-order valence-electron chi connectivity index (χ4n) is 1.33. The molecule has 0 aliphatic heterocycles. The first-order chi connectivity index (χ1) is 7.02. The second-order valence-corrected chi connectivity index (χ2v) is 4.67. The molecule has 1 aromatic rings. The van der Waals surface area contributed by atoms with Crippen molar-refractivity contribution in [2.45, 2.75) is 38.8 Å². The molecule has 0 fully saturated rings. The molecule has 0 aliphatic rings. The van der Waals surface area contributed by atoms with Crippen LogP contribution in [0.1, 0.15) is 26.3 Å². The summed E-state index contributed by atoms with van der Waals surface area (Å²) in [6.45, 7) is 7.29. The number of nitrogens with two attached hydrogens (primary N) is 1. The summed E-state index contributed by atoms with van der Waals surface area (Å²) >= 11 is 0. The molecule has 0 bridgehead atoms. The van der Waals surface area contributed by atoms with Crippen LogP contribution in [0, 0.1) is 0 Å². The molecule has 1 rings (SSSR count). The van der Waals surface area contributed by atoms with Crippen molar-refractivity contribution in [3.05, 3.63) is 35.9 Å². The topological polar surface area (TPSA) is 38.0 Å². The first-order valence-corrected chi connectivity index (χ1v) is 5.57. The van der Waals surface area contributed by atoms with E-state index in [0.29, 0.717) is 0 Å². The number of hydrogen-bond donors (Lipinski definition) is 2. The van der Waals surface area contributed by atoms with Crippen molar-refractivity contribution in [3.63, 3.8) is 0 Å². The van der Waals surface area contributed by atoms with Gasteiger partial charge in [0.05, 0.1) is 0 Å². The molecule has 2 nitrogen and oxygen atoms in total. The van der Waals surface area contributed by atoms with E-state index in [1.54, 1.807) is 0 Å². The molecular formula is C13H22N2. The van der Waals surface area contributed by atoms with Gasteiger partial charge in [0.2, 0.25) is 0 Å². The van der Waals surface area contributed by atoms with Crippen LogP contribution in [-0.2, 0) is 6.42 Å². The van der Waals surface area contributed by atoms with Crippen LogP contribution < -0.4 is 11.1 Å². The molecule has 0 spiro atoms. The van der Waals surface area contributed by atoms with Crippen LogP contribution in [0.4, 0.5) is 0 Å². The van der Waals surface area contributed by atoms with Crippen LogP contribution >= 0.6 is 0 Å². The lowest BCUT2D eigenvalue weighted by Crippen LogP contribution is -2.52. The molecule has 3 N–H and O–H groups in total. The lowest BCUT2D eigenvalue weighted by atomic mass is 9.96. The fourth-order valence-corrected chi connectivity index (χ4v) is 1.33. The molecule has 2 heteroatoms. The molecule has 0 amide bonds. The molecule has 0 saturated carbocycles. The Morgan fingerprint density at radius 2 is 1.87 bits per heavy atom.